The van der Waals surface area contributed by atoms with Crippen molar-refractivity contribution in [1.82, 2.24) is 10.8 Å². The lowest BCUT2D eigenvalue weighted by Gasteiger charge is -2.20. The van der Waals surface area contributed by atoms with Crippen LogP contribution in [0.3, 0.4) is 0 Å². The molecule has 154 valence electrons. The van der Waals surface area contributed by atoms with Gasteiger partial charge in [-0.15, -0.1) is 0 Å². The second kappa shape index (κ2) is 10.6. The predicted octanol–water partition coefficient (Wildman–Crippen LogP) is 1.55. The van der Waals surface area contributed by atoms with Crippen molar-refractivity contribution in [2.45, 2.75) is 25.0 Å². The third-order valence-electron chi connectivity index (χ3n) is 4.13. The molecular weight excluding hydrogens is 400 g/mol. The van der Waals surface area contributed by atoms with E-state index in [1.807, 2.05) is 41.9 Å². The highest BCUT2D eigenvalue weighted by Gasteiger charge is 2.24. The molecular formula is C20H21ClN2O6. The number of nitrogens with one attached hydrogen (secondary N) is 2. The molecule has 0 bridgehead atoms. The molecule has 2 atom stereocenters. The lowest BCUT2D eigenvalue weighted by Crippen LogP contribution is -2.46. The minimum Gasteiger partial charge on any atom is -0.479 e. The normalized spacial score (nSPS) is 12.7. The van der Waals surface area contributed by atoms with Gasteiger partial charge in [-0.3, -0.25) is 14.4 Å². The second-order valence-corrected chi connectivity index (χ2v) is 6.69. The van der Waals surface area contributed by atoms with Gasteiger partial charge < -0.3 is 15.5 Å². The smallest absolute Gasteiger partial charge is 0.332 e. The molecule has 0 radical (unpaired) electrons. The number of hydrogen-bond acceptors (Lipinski definition) is 5. The van der Waals surface area contributed by atoms with Gasteiger partial charge in [0.25, 0.3) is 0 Å². The van der Waals surface area contributed by atoms with Crippen LogP contribution in [0.1, 0.15) is 12.0 Å². The molecule has 0 aromatic heterocycles. The Balaban J connectivity index is 2.18. The van der Waals surface area contributed by atoms with Crippen LogP contribution >= 0.6 is 11.6 Å². The van der Waals surface area contributed by atoms with Crippen molar-refractivity contribution in [3.05, 3.63) is 59.1 Å². The van der Waals surface area contributed by atoms with E-state index in [-0.39, 0.29) is 12.8 Å². The zero-order valence-corrected chi connectivity index (χ0v) is 16.3. The molecule has 0 aliphatic carbocycles. The third-order valence-corrected chi connectivity index (χ3v) is 4.44. The Kier molecular flexibility index (Phi) is 8.14. The number of benzene rings is 2. The monoisotopic (exact) mass is 420 g/mol. The van der Waals surface area contributed by atoms with Crippen LogP contribution in [0.15, 0.2) is 48.5 Å². The maximum absolute atomic E-state index is 11.9. The van der Waals surface area contributed by atoms with E-state index in [1.165, 1.54) is 7.11 Å². The molecule has 0 aliphatic heterocycles. The number of carbonyl (C=O) groups is 3. The van der Waals surface area contributed by atoms with E-state index in [1.54, 1.807) is 12.1 Å². The number of halogens is 1. The van der Waals surface area contributed by atoms with Crippen LogP contribution < -0.4 is 10.8 Å². The number of rotatable bonds is 8. The van der Waals surface area contributed by atoms with Crippen LogP contribution in [0.25, 0.3) is 11.1 Å². The summed E-state index contributed by atoms with van der Waals surface area (Å²) >= 11 is 6.39. The van der Waals surface area contributed by atoms with Gasteiger partial charge in [0, 0.05) is 23.0 Å². The van der Waals surface area contributed by atoms with Gasteiger partial charge in [-0.25, -0.2) is 10.3 Å². The predicted molar refractivity (Wildman–Crippen MR) is 106 cm³/mol. The van der Waals surface area contributed by atoms with E-state index in [0.29, 0.717) is 10.6 Å². The number of amides is 2. The summed E-state index contributed by atoms with van der Waals surface area (Å²) < 4.78 is 0. The quantitative estimate of drug-likeness (QED) is 0.379. The number of carboxylic acid groups (broad SMARTS) is 1. The summed E-state index contributed by atoms with van der Waals surface area (Å²) in [5.74, 6) is -3.48. The maximum atomic E-state index is 11.9. The topological polar surface area (TPSA) is 125 Å². The van der Waals surface area contributed by atoms with E-state index >= 15 is 0 Å². The molecule has 2 amide bonds. The first-order chi connectivity index (χ1) is 13.8. The highest BCUT2D eigenvalue weighted by molar-refractivity contribution is 6.35. The second-order valence-electron chi connectivity index (χ2n) is 6.28. The lowest BCUT2D eigenvalue weighted by molar-refractivity contribution is -0.148. The summed E-state index contributed by atoms with van der Waals surface area (Å²) in [4.78, 5) is 38.9. The summed E-state index contributed by atoms with van der Waals surface area (Å²) in [7, 11) is 1.17. The Hall–Kier alpha value is -2.94. The summed E-state index contributed by atoms with van der Waals surface area (Å²) in [5.41, 5.74) is 4.33. The van der Waals surface area contributed by atoms with Gasteiger partial charge in [0.1, 0.15) is 0 Å². The van der Waals surface area contributed by atoms with E-state index in [9.17, 15) is 19.5 Å². The number of carbonyl (C=O) groups excluding carboxylic acids is 2. The minimum atomic E-state index is -1.70. The van der Waals surface area contributed by atoms with Crippen LogP contribution in [0.4, 0.5) is 0 Å². The van der Waals surface area contributed by atoms with Crippen LogP contribution in [0.5, 0.6) is 0 Å². The standard InChI is InChI=1S/C20H21ClN2O6/c1-29-23-19(26)18(25)22-14(11-17(24)20(27)28)9-12-7-8-15(16(21)10-12)13-5-3-2-4-6-13/h2-8,10,14,17,24H,9,11H2,1H3,(H,22,25)(H,23,26)(H,27,28)/t14-,17-/m1/s1. The van der Waals surface area contributed by atoms with E-state index < -0.39 is 29.9 Å². The van der Waals surface area contributed by atoms with Crippen molar-refractivity contribution in [3.8, 4) is 11.1 Å². The van der Waals surface area contributed by atoms with Gasteiger partial charge in [-0.05, 0) is 23.6 Å². The largest absolute Gasteiger partial charge is 0.479 e. The van der Waals surface area contributed by atoms with Crippen molar-refractivity contribution in [3.63, 3.8) is 0 Å². The van der Waals surface area contributed by atoms with Crippen molar-refractivity contribution < 1.29 is 29.4 Å². The molecule has 29 heavy (non-hydrogen) atoms. The molecule has 0 saturated carbocycles. The molecule has 9 heteroatoms. The zero-order valence-electron chi connectivity index (χ0n) is 15.6. The van der Waals surface area contributed by atoms with Crippen LogP contribution in [0.2, 0.25) is 5.02 Å². The molecule has 2 rings (SSSR count). The van der Waals surface area contributed by atoms with E-state index in [2.05, 4.69) is 10.2 Å². The van der Waals surface area contributed by atoms with Crippen molar-refractivity contribution in [2.75, 3.05) is 7.11 Å². The van der Waals surface area contributed by atoms with Gasteiger partial charge in [-0.2, -0.15) is 0 Å². The zero-order chi connectivity index (χ0) is 21.4. The van der Waals surface area contributed by atoms with Gasteiger partial charge in [0.15, 0.2) is 6.10 Å². The van der Waals surface area contributed by atoms with Crippen molar-refractivity contribution >= 4 is 29.4 Å². The fourth-order valence-electron chi connectivity index (χ4n) is 2.78. The maximum Gasteiger partial charge on any atom is 0.332 e. The van der Waals surface area contributed by atoms with E-state index in [0.717, 1.165) is 11.1 Å². The number of carboxylic acids is 1. The first kappa shape index (κ1) is 22.4. The Bertz CT molecular complexity index is 875. The summed E-state index contributed by atoms with van der Waals surface area (Å²) in [6.07, 6.45) is -1.84. The molecule has 0 spiro atoms. The van der Waals surface area contributed by atoms with Gasteiger partial charge in [0.05, 0.1) is 7.11 Å². The van der Waals surface area contributed by atoms with Crippen LogP contribution in [0, 0.1) is 0 Å². The van der Waals surface area contributed by atoms with Gasteiger partial charge in [-0.1, -0.05) is 54.1 Å². The molecule has 0 aliphatic rings. The van der Waals surface area contributed by atoms with Crippen molar-refractivity contribution in [1.29, 1.82) is 0 Å². The molecule has 4 N–H and O–H groups in total. The highest BCUT2D eigenvalue weighted by atomic mass is 35.5. The molecule has 0 saturated heterocycles. The number of hydrogen-bond donors (Lipinski definition) is 4. The Labute approximate surface area is 172 Å². The molecule has 2 aromatic rings. The third kappa shape index (κ3) is 6.56. The number of hydroxylamine groups is 1. The first-order valence-corrected chi connectivity index (χ1v) is 9.08. The number of aliphatic hydroxyl groups is 1. The van der Waals surface area contributed by atoms with E-state index in [4.69, 9.17) is 16.7 Å². The summed E-state index contributed by atoms with van der Waals surface area (Å²) in [5, 5.41) is 21.5. The average Bonchev–Trinajstić information content (AvgIpc) is 2.68. The van der Waals surface area contributed by atoms with Gasteiger partial charge >= 0.3 is 17.8 Å². The summed E-state index contributed by atoms with van der Waals surface area (Å²) in [6, 6.07) is 14.0. The molecule has 0 unspecified atom stereocenters. The molecule has 0 heterocycles. The first-order valence-electron chi connectivity index (χ1n) is 8.70. The van der Waals surface area contributed by atoms with Crippen LogP contribution in [-0.2, 0) is 25.6 Å². The Morgan fingerprint density at radius 2 is 1.79 bits per heavy atom. The van der Waals surface area contributed by atoms with Gasteiger partial charge in [0.2, 0.25) is 0 Å². The van der Waals surface area contributed by atoms with Crippen molar-refractivity contribution in [2.24, 2.45) is 0 Å². The minimum absolute atomic E-state index is 0.158. The van der Waals surface area contributed by atoms with Crippen LogP contribution in [-0.4, -0.2) is 47.3 Å². The Morgan fingerprint density at radius 1 is 1.10 bits per heavy atom. The fraction of sp³-hybridized carbons (Fsp3) is 0.250. The fourth-order valence-corrected chi connectivity index (χ4v) is 3.09. The molecule has 0 fully saturated rings. The SMILES string of the molecule is CONC(=O)C(=O)N[C@H](Cc1ccc(-c2ccccc2)c(Cl)c1)C[C@@H](O)C(=O)O. The molecule has 2 aromatic carbocycles. The Morgan fingerprint density at radius 3 is 2.38 bits per heavy atom. The highest BCUT2D eigenvalue weighted by Crippen LogP contribution is 2.29. The lowest BCUT2D eigenvalue weighted by atomic mass is 9.97. The average molecular weight is 421 g/mol. The summed E-state index contributed by atoms with van der Waals surface area (Å²) in [6.45, 7) is 0. The molecule has 8 nitrogen and oxygen atoms in total. The number of aliphatic hydroxyl groups excluding tert-OH is 1. The number of aliphatic carboxylic acids is 1.